The first-order valence-electron chi connectivity index (χ1n) is 8.16. The Kier molecular flexibility index (Phi) is 7.50. The molecule has 0 unspecified atom stereocenters. The van der Waals surface area contributed by atoms with Gasteiger partial charge in [-0.25, -0.2) is 4.79 Å². The lowest BCUT2D eigenvalue weighted by atomic mass is 10.1. The Labute approximate surface area is 159 Å². The molecule has 0 saturated heterocycles. The predicted molar refractivity (Wildman–Crippen MR) is 99.1 cm³/mol. The molecule has 0 aliphatic rings. The van der Waals surface area contributed by atoms with Crippen molar-refractivity contribution in [2.75, 3.05) is 13.1 Å². The number of ether oxygens (including phenoxy) is 1. The van der Waals surface area contributed by atoms with E-state index >= 15 is 0 Å². The zero-order valence-corrected chi connectivity index (χ0v) is 15.4. The van der Waals surface area contributed by atoms with Gasteiger partial charge in [0.25, 0.3) is 11.8 Å². The highest BCUT2D eigenvalue weighted by Crippen LogP contribution is 2.17. The summed E-state index contributed by atoms with van der Waals surface area (Å²) in [6.07, 6.45) is -1.32. The highest BCUT2D eigenvalue weighted by molar-refractivity contribution is 7.12. The van der Waals surface area contributed by atoms with Crippen LogP contribution >= 0.6 is 11.3 Å². The van der Waals surface area contributed by atoms with Gasteiger partial charge in [-0.1, -0.05) is 36.4 Å². The maximum atomic E-state index is 12.4. The number of benzene rings is 1. The molecule has 3 N–H and O–H groups in total. The molecule has 0 aliphatic heterocycles. The molecule has 27 heavy (non-hydrogen) atoms. The van der Waals surface area contributed by atoms with Crippen molar-refractivity contribution in [1.82, 2.24) is 16.0 Å². The van der Waals surface area contributed by atoms with E-state index in [0.717, 1.165) is 0 Å². The number of imide groups is 1. The number of rotatable bonds is 7. The number of urea groups is 1. The summed E-state index contributed by atoms with van der Waals surface area (Å²) in [5.74, 6) is -2.00. The topological polar surface area (TPSA) is 114 Å². The molecule has 0 radical (unpaired) electrons. The van der Waals surface area contributed by atoms with E-state index in [1.165, 1.54) is 11.3 Å². The number of esters is 1. The quantitative estimate of drug-likeness (QED) is 0.623. The second-order valence-electron chi connectivity index (χ2n) is 5.29. The molecule has 8 nitrogen and oxygen atoms in total. The summed E-state index contributed by atoms with van der Waals surface area (Å²) in [7, 11) is 0. The first-order chi connectivity index (χ1) is 13.0. The molecule has 0 saturated carbocycles. The fourth-order valence-corrected chi connectivity index (χ4v) is 2.74. The molecule has 142 valence electrons. The zero-order valence-electron chi connectivity index (χ0n) is 14.6. The largest absolute Gasteiger partial charge is 0.446 e. The Bertz CT molecular complexity index is 793. The lowest BCUT2D eigenvalue weighted by Crippen LogP contribution is -2.43. The molecule has 1 heterocycles. The van der Waals surface area contributed by atoms with Gasteiger partial charge in [0.15, 0.2) is 0 Å². The number of nitrogens with one attached hydrogen (secondary N) is 3. The lowest BCUT2D eigenvalue weighted by molar-refractivity contribution is -0.155. The number of carbonyl (C=O) groups is 4. The van der Waals surface area contributed by atoms with Crippen LogP contribution in [0.3, 0.4) is 0 Å². The van der Waals surface area contributed by atoms with E-state index in [-0.39, 0.29) is 0 Å². The van der Waals surface area contributed by atoms with Crippen LogP contribution in [0, 0.1) is 0 Å². The molecule has 0 bridgehead atoms. The van der Waals surface area contributed by atoms with E-state index in [1.54, 1.807) is 54.8 Å². The summed E-state index contributed by atoms with van der Waals surface area (Å²) in [4.78, 5) is 48.4. The lowest BCUT2D eigenvalue weighted by Gasteiger charge is -2.17. The van der Waals surface area contributed by atoms with Gasteiger partial charge in [0.2, 0.25) is 6.10 Å². The van der Waals surface area contributed by atoms with Gasteiger partial charge in [-0.3, -0.25) is 19.7 Å². The van der Waals surface area contributed by atoms with E-state index in [1.807, 2.05) is 0 Å². The average Bonchev–Trinajstić information content (AvgIpc) is 3.19. The molecule has 2 aromatic rings. The fourth-order valence-electron chi connectivity index (χ4n) is 2.10. The van der Waals surface area contributed by atoms with E-state index in [4.69, 9.17) is 4.74 Å². The molecule has 9 heteroatoms. The molecule has 1 atom stereocenters. The van der Waals surface area contributed by atoms with Crippen molar-refractivity contribution in [3.8, 4) is 0 Å². The Morgan fingerprint density at radius 1 is 1.04 bits per heavy atom. The minimum atomic E-state index is -1.32. The Balaban J connectivity index is 2.00. The van der Waals surface area contributed by atoms with Crippen molar-refractivity contribution >= 4 is 35.2 Å². The fraction of sp³-hybridized carbons (Fsp3) is 0.222. The Hall–Kier alpha value is -3.20. The highest BCUT2D eigenvalue weighted by atomic mass is 32.1. The van der Waals surface area contributed by atoms with Crippen molar-refractivity contribution in [1.29, 1.82) is 0 Å². The summed E-state index contributed by atoms with van der Waals surface area (Å²) in [6.45, 7) is 1.63. The SMILES string of the molecule is CCNC(=O)NC(=O)[C@@H](OC(=O)CNC(=O)c1cccs1)c1ccccc1. The van der Waals surface area contributed by atoms with Crippen LogP contribution in [0.1, 0.15) is 28.3 Å². The van der Waals surface area contributed by atoms with Crippen molar-refractivity contribution in [2.45, 2.75) is 13.0 Å². The predicted octanol–water partition coefficient (Wildman–Crippen LogP) is 1.61. The maximum absolute atomic E-state index is 12.4. The summed E-state index contributed by atoms with van der Waals surface area (Å²) >= 11 is 1.24. The summed E-state index contributed by atoms with van der Waals surface area (Å²) in [5.41, 5.74) is 0.400. The number of thiophene rings is 1. The number of amides is 4. The van der Waals surface area contributed by atoms with Crippen LogP contribution in [-0.2, 0) is 14.3 Å². The normalized spacial score (nSPS) is 11.1. The molecule has 1 aromatic carbocycles. The van der Waals surface area contributed by atoms with Gasteiger partial charge < -0.3 is 15.4 Å². The summed E-state index contributed by atoms with van der Waals surface area (Å²) in [5, 5.41) is 8.71. The van der Waals surface area contributed by atoms with Crippen molar-refractivity contribution in [2.24, 2.45) is 0 Å². The molecule has 0 aliphatic carbocycles. The third kappa shape index (κ3) is 6.23. The van der Waals surface area contributed by atoms with Crippen LogP contribution in [0.25, 0.3) is 0 Å². The third-order valence-electron chi connectivity index (χ3n) is 3.30. The Morgan fingerprint density at radius 3 is 2.41 bits per heavy atom. The van der Waals surface area contributed by atoms with Gasteiger partial charge >= 0.3 is 12.0 Å². The van der Waals surface area contributed by atoms with Crippen LogP contribution in [0.4, 0.5) is 4.79 Å². The molecule has 0 spiro atoms. The first kappa shape index (κ1) is 20.1. The Morgan fingerprint density at radius 2 is 1.78 bits per heavy atom. The minimum Gasteiger partial charge on any atom is -0.446 e. The highest BCUT2D eigenvalue weighted by Gasteiger charge is 2.26. The minimum absolute atomic E-state index is 0.337. The zero-order chi connectivity index (χ0) is 19.6. The van der Waals surface area contributed by atoms with E-state index in [0.29, 0.717) is 17.0 Å². The summed E-state index contributed by atoms with van der Waals surface area (Å²) in [6, 6.07) is 10.9. The number of carbonyl (C=O) groups excluding carboxylic acids is 4. The van der Waals surface area contributed by atoms with Crippen LogP contribution in [0.15, 0.2) is 47.8 Å². The molecular weight excluding hydrogens is 370 g/mol. The maximum Gasteiger partial charge on any atom is 0.326 e. The monoisotopic (exact) mass is 389 g/mol. The van der Waals surface area contributed by atoms with Gasteiger partial charge in [-0.2, -0.15) is 0 Å². The third-order valence-corrected chi connectivity index (χ3v) is 4.17. The molecule has 4 amide bonds. The van der Waals surface area contributed by atoms with Crippen LogP contribution in [0.2, 0.25) is 0 Å². The van der Waals surface area contributed by atoms with Crippen molar-refractivity contribution in [3.05, 3.63) is 58.3 Å². The smallest absolute Gasteiger partial charge is 0.326 e. The first-order valence-corrected chi connectivity index (χ1v) is 9.04. The number of hydrogen-bond acceptors (Lipinski definition) is 6. The van der Waals surface area contributed by atoms with E-state index in [9.17, 15) is 19.2 Å². The van der Waals surface area contributed by atoms with Gasteiger partial charge in [-0.15, -0.1) is 11.3 Å². The molecule has 1 aromatic heterocycles. The van der Waals surface area contributed by atoms with Crippen LogP contribution in [-0.4, -0.2) is 36.9 Å². The summed E-state index contributed by atoms with van der Waals surface area (Å²) < 4.78 is 5.20. The molecule has 2 rings (SSSR count). The van der Waals surface area contributed by atoms with E-state index in [2.05, 4.69) is 16.0 Å². The number of hydrogen-bond donors (Lipinski definition) is 3. The second kappa shape index (κ2) is 10.1. The van der Waals surface area contributed by atoms with Gasteiger partial charge in [0, 0.05) is 12.1 Å². The molecule has 0 fully saturated rings. The van der Waals surface area contributed by atoms with Gasteiger partial charge in [-0.05, 0) is 18.4 Å². The van der Waals surface area contributed by atoms with Crippen molar-refractivity contribution in [3.63, 3.8) is 0 Å². The van der Waals surface area contributed by atoms with Crippen molar-refractivity contribution < 1.29 is 23.9 Å². The van der Waals surface area contributed by atoms with Crippen LogP contribution < -0.4 is 16.0 Å². The van der Waals surface area contributed by atoms with Gasteiger partial charge in [0.1, 0.15) is 6.54 Å². The standard InChI is InChI=1S/C18H19N3O5S/c1-2-19-18(25)21-17(24)15(12-7-4-3-5-8-12)26-14(22)11-20-16(23)13-9-6-10-27-13/h3-10,15H,2,11H2,1H3,(H,20,23)(H2,19,21,24,25)/t15-/m0/s1. The van der Waals surface area contributed by atoms with Gasteiger partial charge in [0.05, 0.1) is 4.88 Å². The second-order valence-corrected chi connectivity index (χ2v) is 6.24. The van der Waals surface area contributed by atoms with E-state index < -0.39 is 36.5 Å². The average molecular weight is 389 g/mol. The molecular formula is C18H19N3O5S. The van der Waals surface area contributed by atoms with Crippen LogP contribution in [0.5, 0.6) is 0 Å².